The molecule has 0 saturated carbocycles. The lowest BCUT2D eigenvalue weighted by atomic mass is 10.2. The smallest absolute Gasteiger partial charge is 0.156 e. The van der Waals surface area contributed by atoms with Crippen LogP contribution in [0.3, 0.4) is 0 Å². The van der Waals surface area contributed by atoms with Gasteiger partial charge in [0.2, 0.25) is 0 Å². The number of aromatic nitrogens is 1. The van der Waals surface area contributed by atoms with E-state index in [-0.39, 0.29) is 0 Å². The molecule has 0 unspecified atom stereocenters. The number of nitrogens with zero attached hydrogens (tertiary/aromatic N) is 2. The first-order chi connectivity index (χ1) is 5.40. The third kappa shape index (κ3) is 1.16. The summed E-state index contributed by atoms with van der Waals surface area (Å²) < 4.78 is 0. The number of pyridine rings is 1. The number of aliphatic imine (C=N–C) groups is 1. The number of fused-ring (bicyclic) bond motifs is 1. The maximum absolute atomic E-state index is 4.34. The van der Waals surface area contributed by atoms with Crippen LogP contribution in [0.15, 0.2) is 23.3 Å². The minimum absolute atomic E-state index is 0.900. The van der Waals surface area contributed by atoms with E-state index in [1.807, 2.05) is 12.3 Å². The van der Waals surface area contributed by atoms with Crippen molar-refractivity contribution in [3.05, 3.63) is 23.9 Å². The zero-order valence-corrected chi connectivity index (χ0v) is 7.06. The molecule has 1 aromatic rings. The van der Waals surface area contributed by atoms with Crippen LogP contribution >= 0.6 is 11.8 Å². The van der Waals surface area contributed by atoms with Crippen molar-refractivity contribution >= 4 is 22.6 Å². The minimum Gasteiger partial charge on any atom is -0.237 e. The fourth-order valence-electron chi connectivity index (χ4n) is 1.11. The van der Waals surface area contributed by atoms with Gasteiger partial charge < -0.3 is 0 Å². The van der Waals surface area contributed by atoms with Gasteiger partial charge in [-0.25, -0.2) is 9.98 Å². The first kappa shape index (κ1) is 6.85. The van der Waals surface area contributed by atoms with Gasteiger partial charge in [-0.2, -0.15) is 0 Å². The topological polar surface area (TPSA) is 25.2 Å². The SMILES string of the molecule is CSC1=Nc2ncccc2C1. The fourth-order valence-corrected chi connectivity index (χ4v) is 1.58. The van der Waals surface area contributed by atoms with Crippen molar-refractivity contribution in [3.8, 4) is 0 Å². The number of thioether (sulfide) groups is 1. The summed E-state index contributed by atoms with van der Waals surface area (Å²) in [4.78, 5) is 8.50. The minimum atomic E-state index is 0.900. The van der Waals surface area contributed by atoms with Gasteiger partial charge in [0.15, 0.2) is 5.82 Å². The van der Waals surface area contributed by atoms with Crippen molar-refractivity contribution in [1.82, 2.24) is 4.98 Å². The van der Waals surface area contributed by atoms with Crippen LogP contribution in [-0.2, 0) is 6.42 Å². The number of rotatable bonds is 0. The molecule has 0 saturated heterocycles. The Kier molecular flexibility index (Phi) is 1.66. The standard InChI is InChI=1S/C8H8N2S/c1-11-7-5-6-3-2-4-9-8(6)10-7/h2-4H,5H2,1H3. The second-order valence-electron chi connectivity index (χ2n) is 2.37. The Labute approximate surface area is 69.8 Å². The van der Waals surface area contributed by atoms with E-state index in [1.165, 1.54) is 10.6 Å². The molecule has 0 N–H and O–H groups in total. The summed E-state index contributed by atoms with van der Waals surface area (Å²) in [5, 5.41) is 1.17. The van der Waals surface area contributed by atoms with Gasteiger partial charge in [0.1, 0.15) is 0 Å². The Morgan fingerprint density at radius 2 is 2.45 bits per heavy atom. The molecule has 1 aliphatic rings. The molecular weight excluding hydrogens is 156 g/mol. The highest BCUT2D eigenvalue weighted by Crippen LogP contribution is 2.26. The highest BCUT2D eigenvalue weighted by molar-refractivity contribution is 8.13. The number of hydrogen-bond acceptors (Lipinski definition) is 3. The van der Waals surface area contributed by atoms with E-state index in [0.717, 1.165) is 12.2 Å². The Bertz CT molecular complexity index is 307. The normalized spacial score (nSPS) is 14.5. The van der Waals surface area contributed by atoms with Gasteiger partial charge in [0.05, 0.1) is 5.04 Å². The van der Waals surface area contributed by atoms with E-state index in [9.17, 15) is 0 Å². The number of hydrogen-bond donors (Lipinski definition) is 0. The van der Waals surface area contributed by atoms with E-state index >= 15 is 0 Å². The molecular formula is C8H8N2S. The van der Waals surface area contributed by atoms with Gasteiger partial charge in [-0.05, 0) is 12.3 Å². The molecule has 1 aromatic heterocycles. The van der Waals surface area contributed by atoms with Gasteiger partial charge in [0, 0.05) is 18.2 Å². The maximum Gasteiger partial charge on any atom is 0.156 e. The zero-order chi connectivity index (χ0) is 7.68. The lowest BCUT2D eigenvalue weighted by molar-refractivity contribution is 1.25. The molecule has 11 heavy (non-hydrogen) atoms. The van der Waals surface area contributed by atoms with Crippen molar-refractivity contribution in [3.63, 3.8) is 0 Å². The summed E-state index contributed by atoms with van der Waals surface area (Å²) in [6.45, 7) is 0. The molecule has 0 fully saturated rings. The van der Waals surface area contributed by atoms with Crippen LogP contribution in [0.5, 0.6) is 0 Å². The molecule has 2 heterocycles. The highest BCUT2D eigenvalue weighted by atomic mass is 32.2. The third-order valence-electron chi connectivity index (χ3n) is 1.68. The van der Waals surface area contributed by atoms with Crippen molar-refractivity contribution < 1.29 is 0 Å². The average Bonchev–Trinajstić information content (AvgIpc) is 2.46. The molecule has 0 aliphatic carbocycles. The van der Waals surface area contributed by atoms with Crippen molar-refractivity contribution in [2.75, 3.05) is 6.26 Å². The maximum atomic E-state index is 4.34. The lowest BCUT2D eigenvalue weighted by Gasteiger charge is -1.91. The first-order valence-corrected chi connectivity index (χ1v) is 4.68. The van der Waals surface area contributed by atoms with Crippen molar-refractivity contribution in [2.45, 2.75) is 6.42 Å². The quantitative estimate of drug-likeness (QED) is 0.586. The Morgan fingerprint density at radius 3 is 3.18 bits per heavy atom. The summed E-state index contributed by atoms with van der Waals surface area (Å²) in [7, 11) is 0. The summed E-state index contributed by atoms with van der Waals surface area (Å²) in [6, 6.07) is 4.03. The van der Waals surface area contributed by atoms with E-state index in [4.69, 9.17) is 0 Å². The second kappa shape index (κ2) is 2.66. The summed E-state index contributed by atoms with van der Waals surface area (Å²) in [5.41, 5.74) is 1.25. The van der Waals surface area contributed by atoms with Crippen LogP contribution in [0.1, 0.15) is 5.56 Å². The third-order valence-corrected chi connectivity index (χ3v) is 2.38. The molecule has 2 rings (SSSR count). The van der Waals surface area contributed by atoms with E-state index in [1.54, 1.807) is 18.0 Å². The van der Waals surface area contributed by atoms with Crippen molar-refractivity contribution in [1.29, 1.82) is 0 Å². The van der Waals surface area contributed by atoms with E-state index in [0.29, 0.717) is 0 Å². The molecule has 1 aliphatic heterocycles. The molecule has 0 spiro atoms. The van der Waals surface area contributed by atoms with Crippen LogP contribution in [0.2, 0.25) is 0 Å². The fraction of sp³-hybridized carbons (Fsp3) is 0.250. The van der Waals surface area contributed by atoms with Crippen LogP contribution in [0, 0.1) is 0 Å². The Balaban J connectivity index is 2.39. The summed E-state index contributed by atoms with van der Waals surface area (Å²) >= 11 is 1.70. The van der Waals surface area contributed by atoms with E-state index in [2.05, 4.69) is 16.0 Å². The summed E-state index contributed by atoms with van der Waals surface area (Å²) in [6.07, 6.45) is 4.79. The van der Waals surface area contributed by atoms with Crippen LogP contribution < -0.4 is 0 Å². The molecule has 56 valence electrons. The second-order valence-corrected chi connectivity index (χ2v) is 3.25. The monoisotopic (exact) mass is 164 g/mol. The lowest BCUT2D eigenvalue weighted by Crippen LogP contribution is -1.88. The van der Waals surface area contributed by atoms with Crippen LogP contribution in [0.25, 0.3) is 0 Å². The van der Waals surface area contributed by atoms with E-state index < -0.39 is 0 Å². The zero-order valence-electron chi connectivity index (χ0n) is 6.24. The Morgan fingerprint density at radius 1 is 1.55 bits per heavy atom. The molecule has 2 nitrogen and oxygen atoms in total. The van der Waals surface area contributed by atoms with Gasteiger partial charge in [-0.1, -0.05) is 6.07 Å². The average molecular weight is 164 g/mol. The molecule has 3 heteroatoms. The summed E-state index contributed by atoms with van der Waals surface area (Å²) in [5.74, 6) is 0.900. The molecule has 0 atom stereocenters. The Hall–Kier alpha value is -0.830. The first-order valence-electron chi connectivity index (χ1n) is 3.45. The van der Waals surface area contributed by atoms with Gasteiger partial charge >= 0.3 is 0 Å². The van der Waals surface area contributed by atoms with Crippen molar-refractivity contribution in [2.24, 2.45) is 4.99 Å². The highest BCUT2D eigenvalue weighted by Gasteiger charge is 2.12. The van der Waals surface area contributed by atoms with Gasteiger partial charge in [-0.3, -0.25) is 0 Å². The molecule has 0 bridgehead atoms. The molecule has 0 radical (unpaired) electrons. The van der Waals surface area contributed by atoms with Crippen LogP contribution in [0.4, 0.5) is 5.82 Å². The molecule has 0 aromatic carbocycles. The predicted octanol–water partition coefficient (Wildman–Crippen LogP) is 2.03. The molecule has 0 amide bonds. The van der Waals surface area contributed by atoms with Gasteiger partial charge in [-0.15, -0.1) is 11.8 Å². The largest absolute Gasteiger partial charge is 0.237 e. The predicted molar refractivity (Wildman–Crippen MR) is 48.6 cm³/mol. The van der Waals surface area contributed by atoms with Crippen LogP contribution in [-0.4, -0.2) is 16.3 Å². The van der Waals surface area contributed by atoms with Gasteiger partial charge in [0.25, 0.3) is 0 Å².